The molecule has 0 radical (unpaired) electrons. The predicted molar refractivity (Wildman–Crippen MR) is 49.1 cm³/mol. The van der Waals surface area contributed by atoms with Crippen molar-refractivity contribution < 1.29 is 14.4 Å². The number of nitrogens with zero attached hydrogens (tertiary/aromatic N) is 1. The molecule has 1 heterocycles. The van der Waals surface area contributed by atoms with Gasteiger partial charge in [0.25, 0.3) is 5.91 Å². The second-order valence-electron chi connectivity index (χ2n) is 3.17. The van der Waals surface area contributed by atoms with Crippen molar-refractivity contribution in [3.05, 3.63) is 6.08 Å². The van der Waals surface area contributed by atoms with E-state index in [4.69, 9.17) is 0 Å². The van der Waals surface area contributed by atoms with Crippen LogP contribution in [0.15, 0.2) is 6.08 Å². The van der Waals surface area contributed by atoms with Crippen molar-refractivity contribution in [2.24, 2.45) is 5.92 Å². The van der Waals surface area contributed by atoms with Crippen molar-refractivity contribution in [3.63, 3.8) is 0 Å². The molecule has 14 heavy (non-hydrogen) atoms. The third-order valence-corrected chi connectivity index (χ3v) is 2.27. The van der Waals surface area contributed by atoms with Crippen LogP contribution in [0.5, 0.6) is 0 Å². The van der Waals surface area contributed by atoms with Gasteiger partial charge in [0.15, 0.2) is 0 Å². The Bertz CT molecular complexity index is 307. The molecular weight excluding hydrogens is 184 g/mol. The summed E-state index contributed by atoms with van der Waals surface area (Å²) in [5.74, 6) is 0.974. The average molecular weight is 196 g/mol. The third kappa shape index (κ3) is 1.67. The van der Waals surface area contributed by atoms with E-state index in [2.05, 4.69) is 5.32 Å². The number of hydrogen-bond acceptors (Lipinski definition) is 3. The van der Waals surface area contributed by atoms with Gasteiger partial charge in [0.2, 0.25) is 0 Å². The smallest absolute Gasteiger partial charge is 0.312 e. The van der Waals surface area contributed by atoms with Crippen LogP contribution >= 0.6 is 0 Å². The minimum atomic E-state index is -0.575. The molecule has 0 bridgehead atoms. The van der Waals surface area contributed by atoms with E-state index in [9.17, 15) is 14.4 Å². The molecule has 5 heteroatoms. The number of likely N-dealkylation sites (N-methyl/N-ethyl adjacent to an activating group) is 1. The summed E-state index contributed by atoms with van der Waals surface area (Å²) < 4.78 is 0. The molecule has 1 fully saturated rings. The molecule has 1 N–H and O–H groups in total. The lowest BCUT2D eigenvalue weighted by Gasteiger charge is -2.22. The van der Waals surface area contributed by atoms with E-state index in [1.54, 1.807) is 19.8 Å². The summed E-state index contributed by atoms with van der Waals surface area (Å²) >= 11 is 0. The Hall–Kier alpha value is -1.61. The lowest BCUT2D eigenvalue weighted by molar-refractivity contribution is -0.122. The van der Waals surface area contributed by atoms with Gasteiger partial charge >= 0.3 is 6.03 Å². The van der Waals surface area contributed by atoms with Gasteiger partial charge in [-0.15, -0.1) is 0 Å². The molecule has 0 aromatic rings. The molecule has 1 rings (SSSR count). The number of nitrogens with one attached hydrogen (secondary N) is 1. The van der Waals surface area contributed by atoms with Crippen molar-refractivity contribution in [2.45, 2.75) is 19.9 Å². The highest BCUT2D eigenvalue weighted by molar-refractivity contribution is 6.04. The highest BCUT2D eigenvalue weighted by Gasteiger charge is 2.39. The minimum absolute atomic E-state index is 0.307. The number of hydrogen-bond donors (Lipinski definition) is 1. The largest absolute Gasteiger partial charge is 0.324 e. The van der Waals surface area contributed by atoms with Gasteiger partial charge in [-0.3, -0.25) is 10.1 Å². The summed E-state index contributed by atoms with van der Waals surface area (Å²) in [5.41, 5.74) is 0. The van der Waals surface area contributed by atoms with Crippen molar-refractivity contribution in [1.82, 2.24) is 10.2 Å². The normalized spacial score (nSPS) is 23.0. The third-order valence-electron chi connectivity index (χ3n) is 2.27. The van der Waals surface area contributed by atoms with Crippen LogP contribution in [0.2, 0.25) is 0 Å². The molecule has 2 atom stereocenters. The molecule has 0 spiro atoms. The van der Waals surface area contributed by atoms with E-state index in [-0.39, 0.29) is 11.8 Å². The van der Waals surface area contributed by atoms with Crippen LogP contribution in [-0.4, -0.2) is 35.4 Å². The summed E-state index contributed by atoms with van der Waals surface area (Å²) in [6, 6.07) is -0.970. The van der Waals surface area contributed by atoms with Gasteiger partial charge in [-0.25, -0.2) is 9.59 Å². The van der Waals surface area contributed by atoms with Gasteiger partial charge in [0.1, 0.15) is 12.0 Å². The second-order valence-corrected chi connectivity index (χ2v) is 3.17. The highest BCUT2D eigenvalue weighted by atomic mass is 16.2. The monoisotopic (exact) mass is 196 g/mol. The fourth-order valence-electron chi connectivity index (χ4n) is 1.58. The molecule has 0 aromatic carbocycles. The van der Waals surface area contributed by atoms with Gasteiger partial charge in [0.05, 0.1) is 0 Å². The summed E-state index contributed by atoms with van der Waals surface area (Å²) in [5, 5.41) is 2.21. The number of urea groups is 1. The molecule has 0 saturated carbocycles. The van der Waals surface area contributed by atoms with Gasteiger partial charge in [-0.1, -0.05) is 6.92 Å². The Balaban J connectivity index is 2.89. The fourth-order valence-corrected chi connectivity index (χ4v) is 1.58. The van der Waals surface area contributed by atoms with E-state index in [0.29, 0.717) is 6.54 Å². The van der Waals surface area contributed by atoms with E-state index in [1.807, 2.05) is 0 Å². The highest BCUT2D eigenvalue weighted by Crippen LogP contribution is 2.17. The zero-order chi connectivity index (χ0) is 10.7. The van der Waals surface area contributed by atoms with Crippen LogP contribution in [0.1, 0.15) is 13.8 Å². The maximum absolute atomic E-state index is 11.3. The summed E-state index contributed by atoms with van der Waals surface area (Å²) in [6.45, 7) is 3.93. The van der Waals surface area contributed by atoms with Crippen LogP contribution in [0.4, 0.5) is 4.79 Å². The summed E-state index contributed by atoms with van der Waals surface area (Å²) in [6.07, 6.45) is 1.26. The number of amides is 3. The van der Waals surface area contributed by atoms with E-state index >= 15 is 0 Å². The molecule has 76 valence electrons. The number of imide groups is 1. The van der Waals surface area contributed by atoms with Gasteiger partial charge in [0, 0.05) is 18.5 Å². The van der Waals surface area contributed by atoms with Gasteiger partial charge < -0.3 is 4.90 Å². The van der Waals surface area contributed by atoms with Gasteiger partial charge in [-0.2, -0.15) is 0 Å². The first-order chi connectivity index (χ1) is 6.61. The van der Waals surface area contributed by atoms with Crippen LogP contribution in [0, 0.1) is 5.92 Å². The second kappa shape index (κ2) is 4.07. The quantitative estimate of drug-likeness (QED) is 0.508. The maximum atomic E-state index is 11.3. The van der Waals surface area contributed by atoms with Crippen molar-refractivity contribution >= 4 is 17.9 Å². The lowest BCUT2D eigenvalue weighted by Crippen LogP contribution is -2.39. The molecule has 1 aliphatic rings. The standard InChI is InChI=1S/C9H12N2O3/c1-3-11-7(6(2)4-5-12)8(13)10-9(11)14/h4,6-7H,3H2,1-2H3,(H,10,13,14). The van der Waals surface area contributed by atoms with Crippen molar-refractivity contribution in [2.75, 3.05) is 6.54 Å². The molecule has 0 aliphatic carbocycles. The number of rotatable bonds is 3. The van der Waals surface area contributed by atoms with E-state index in [0.717, 1.165) is 0 Å². The van der Waals surface area contributed by atoms with Gasteiger partial charge in [-0.05, 0) is 6.92 Å². The lowest BCUT2D eigenvalue weighted by atomic mass is 10.0. The zero-order valence-corrected chi connectivity index (χ0v) is 8.11. The Labute approximate surface area is 81.8 Å². The Morgan fingerprint density at radius 2 is 2.29 bits per heavy atom. The van der Waals surface area contributed by atoms with E-state index in [1.165, 1.54) is 11.0 Å². The minimum Gasteiger partial charge on any atom is -0.312 e. The molecule has 1 saturated heterocycles. The van der Waals surface area contributed by atoms with Crippen molar-refractivity contribution in [1.29, 1.82) is 0 Å². The average Bonchev–Trinajstić information content (AvgIpc) is 2.40. The topological polar surface area (TPSA) is 66.5 Å². The van der Waals surface area contributed by atoms with Crippen LogP contribution in [-0.2, 0) is 9.59 Å². The maximum Gasteiger partial charge on any atom is 0.324 e. The first kappa shape index (κ1) is 10.5. The molecule has 0 aromatic heterocycles. The Morgan fingerprint density at radius 3 is 2.79 bits per heavy atom. The number of carbonyl (C=O) groups excluding carboxylic acids is 3. The molecule has 5 nitrogen and oxygen atoms in total. The number of carbonyl (C=O) groups is 2. The van der Waals surface area contributed by atoms with Crippen LogP contribution < -0.4 is 5.32 Å². The zero-order valence-electron chi connectivity index (χ0n) is 8.11. The molecule has 1 aliphatic heterocycles. The molecule has 3 amide bonds. The summed E-state index contributed by atoms with van der Waals surface area (Å²) in [4.78, 5) is 34.1. The molecular formula is C9H12N2O3. The van der Waals surface area contributed by atoms with Crippen molar-refractivity contribution in [3.8, 4) is 0 Å². The van der Waals surface area contributed by atoms with E-state index < -0.39 is 12.1 Å². The predicted octanol–water partition coefficient (Wildman–Crippen LogP) is -0.0494. The fraction of sp³-hybridized carbons (Fsp3) is 0.556. The van der Waals surface area contributed by atoms with Crippen LogP contribution in [0.3, 0.4) is 0 Å². The SMILES string of the molecule is CCN1C(=O)NC(=O)C1C(C)C=C=O. The first-order valence-corrected chi connectivity index (χ1v) is 4.44. The first-order valence-electron chi connectivity index (χ1n) is 4.44. The Kier molecular flexibility index (Phi) is 3.04. The molecule has 2 unspecified atom stereocenters. The Morgan fingerprint density at radius 1 is 1.64 bits per heavy atom. The summed E-state index contributed by atoms with van der Waals surface area (Å²) in [7, 11) is 0. The van der Waals surface area contributed by atoms with Crippen LogP contribution in [0.25, 0.3) is 0 Å².